The number of carbonyl (C=O) groups excluding carboxylic acids is 11. The van der Waals surface area contributed by atoms with Gasteiger partial charge >= 0.3 is 17.9 Å². The van der Waals surface area contributed by atoms with Crippen molar-refractivity contribution in [2.45, 2.75) is 117 Å². The minimum absolute atomic E-state index is 0.00576. The number of hydrogen-bond acceptors (Lipinski definition) is 15. The van der Waals surface area contributed by atoms with Crippen LogP contribution in [-0.4, -0.2) is 159 Å². The van der Waals surface area contributed by atoms with E-state index in [1.165, 1.54) is 4.90 Å². The van der Waals surface area contributed by atoms with Crippen LogP contribution in [0.1, 0.15) is 110 Å². The summed E-state index contributed by atoms with van der Waals surface area (Å²) in [5.41, 5.74) is 5.97. The Hall–Kier alpha value is -9.15. The lowest BCUT2D eigenvalue weighted by atomic mass is 9.82. The molecule has 0 saturated carbocycles. The van der Waals surface area contributed by atoms with Gasteiger partial charge in [-0.05, 0) is 55.0 Å². The molecule has 0 spiro atoms. The highest BCUT2D eigenvalue weighted by atomic mass is 19.1. The summed E-state index contributed by atoms with van der Waals surface area (Å²) in [5, 5.41) is 41.3. The predicted octanol–water partition coefficient (Wildman–Crippen LogP) is 0.459. The standard InChI is InChI=1S/C40H50F2N8O10.C11H16N2O5.C3H6O2/c1-40(2,3)37(31-15-25(27-16-26(41)9-10-28(27)42)21-49(31)20-24-7-5-4-6-8-24)50(35(56)22-51)14-12-29(38(59)45-13-11-33(54)46-19-36(57)58)48-39(60)30(17-32(43)53)47-34(55)18-44-23-52;1-2-12-8(14)4-3-5-11(17)18-13-9(15)6-7-10(13)16;1-2-3(4)5/h4-10,15-16,21,23,29-30,37,51H,11-14,17-20,22H2,1-3H3,(H2,43,53)(H,44,52)(H,45,59)(H,46,54)(H,47,55)(H,48,60)(H,57,58);2-7H2,1H3,(H,12,14);2H2,1H3,(H,4,5). The summed E-state index contributed by atoms with van der Waals surface area (Å²) >= 11 is 0. The zero-order valence-corrected chi connectivity index (χ0v) is 46.6. The van der Waals surface area contributed by atoms with Crippen LogP contribution < -0.4 is 37.6 Å². The van der Waals surface area contributed by atoms with E-state index in [9.17, 15) is 71.8 Å². The number of primary amides is 1. The van der Waals surface area contributed by atoms with Gasteiger partial charge in [-0.3, -0.25) is 57.5 Å². The van der Waals surface area contributed by atoms with Crippen molar-refractivity contribution in [1.29, 1.82) is 0 Å². The van der Waals surface area contributed by atoms with Gasteiger partial charge in [0.15, 0.2) is 0 Å². The first-order valence-corrected chi connectivity index (χ1v) is 26.1. The summed E-state index contributed by atoms with van der Waals surface area (Å²) in [6, 6.07) is 9.68. The molecule has 3 atom stereocenters. The first-order valence-electron chi connectivity index (χ1n) is 26.1. The van der Waals surface area contributed by atoms with Crippen LogP contribution in [0.2, 0.25) is 0 Å². The zero-order chi connectivity index (χ0) is 62.4. The van der Waals surface area contributed by atoms with E-state index in [0.717, 1.165) is 23.8 Å². The van der Waals surface area contributed by atoms with Crippen LogP contribution in [0.25, 0.3) is 11.1 Å². The zero-order valence-electron chi connectivity index (χ0n) is 46.6. The summed E-state index contributed by atoms with van der Waals surface area (Å²) in [5.74, 6) is -10.6. The maximum absolute atomic E-state index is 15.2. The fraction of sp³-hybridized carbons (Fsp3) is 0.463. The summed E-state index contributed by atoms with van der Waals surface area (Å²) < 4.78 is 31.4. The van der Waals surface area contributed by atoms with Gasteiger partial charge in [-0.2, -0.15) is 0 Å². The Bertz CT molecular complexity index is 2760. The third-order valence-corrected chi connectivity index (χ3v) is 11.7. The van der Waals surface area contributed by atoms with E-state index in [4.69, 9.17) is 15.9 Å². The lowest BCUT2D eigenvalue weighted by Crippen LogP contribution is -2.56. The number of carbonyl (C=O) groups is 13. The minimum Gasteiger partial charge on any atom is -0.481 e. The Morgan fingerprint density at radius 1 is 0.795 bits per heavy atom. The Morgan fingerprint density at radius 3 is 2.00 bits per heavy atom. The normalized spacial score (nSPS) is 12.7. The fourth-order valence-corrected chi connectivity index (χ4v) is 7.87. The number of imide groups is 1. The van der Waals surface area contributed by atoms with Crippen LogP contribution in [0.5, 0.6) is 0 Å². The van der Waals surface area contributed by atoms with Crippen molar-refractivity contribution < 1.29 is 91.3 Å². The molecule has 3 aromatic rings. The van der Waals surface area contributed by atoms with E-state index >= 15 is 4.39 Å². The average molecular weight is 1170 g/mol. The van der Waals surface area contributed by atoms with Crippen LogP contribution >= 0.6 is 0 Å². The van der Waals surface area contributed by atoms with Gasteiger partial charge in [0.25, 0.3) is 11.8 Å². The highest BCUT2D eigenvalue weighted by molar-refractivity contribution is 6.01. The van der Waals surface area contributed by atoms with Crippen molar-refractivity contribution in [3.63, 3.8) is 0 Å². The van der Waals surface area contributed by atoms with Gasteiger partial charge in [0.1, 0.15) is 36.9 Å². The maximum atomic E-state index is 15.2. The van der Waals surface area contributed by atoms with Crippen LogP contribution in [0.3, 0.4) is 0 Å². The van der Waals surface area contributed by atoms with Crippen molar-refractivity contribution in [3.8, 4) is 11.1 Å². The van der Waals surface area contributed by atoms with Gasteiger partial charge in [-0.25, -0.2) is 13.6 Å². The molecule has 1 aliphatic heterocycles. The Balaban J connectivity index is 0.000000847. The number of carboxylic acid groups (broad SMARTS) is 2. The van der Waals surface area contributed by atoms with Crippen LogP contribution in [-0.2, 0) is 73.7 Å². The van der Waals surface area contributed by atoms with Crippen molar-refractivity contribution in [3.05, 3.63) is 83.7 Å². The van der Waals surface area contributed by atoms with Gasteiger partial charge in [0.05, 0.1) is 19.0 Å². The topological polar surface area (TPSA) is 401 Å². The van der Waals surface area contributed by atoms with Crippen molar-refractivity contribution in [2.75, 3.05) is 39.3 Å². The maximum Gasteiger partial charge on any atom is 0.333 e. The van der Waals surface area contributed by atoms with E-state index < -0.39 is 126 Å². The number of aromatic nitrogens is 1. The van der Waals surface area contributed by atoms with E-state index in [1.54, 1.807) is 51.4 Å². The van der Waals surface area contributed by atoms with E-state index in [0.29, 0.717) is 23.7 Å². The van der Waals surface area contributed by atoms with Crippen molar-refractivity contribution in [2.24, 2.45) is 11.1 Å². The highest BCUT2D eigenvalue weighted by Crippen LogP contribution is 2.41. The number of nitrogens with one attached hydrogen (secondary N) is 6. The molecular weight excluding hydrogens is 1100 g/mol. The second kappa shape index (κ2) is 35.6. The number of aliphatic hydroxyl groups is 1. The molecular formula is C54H72F2N10O17. The number of rotatable bonds is 30. The molecule has 1 aromatic heterocycles. The van der Waals surface area contributed by atoms with Gasteiger partial charge in [0.2, 0.25) is 47.8 Å². The number of amides is 10. The molecule has 1 aliphatic rings. The van der Waals surface area contributed by atoms with Crippen LogP contribution in [0.4, 0.5) is 8.78 Å². The minimum atomic E-state index is -1.62. The summed E-state index contributed by atoms with van der Waals surface area (Å²) in [6.07, 6.45) is 1.30. The lowest BCUT2D eigenvalue weighted by molar-refractivity contribution is -0.197. The SMILES string of the molecule is CC(C)(C)C(c1cc(-c2cc(F)ccc2F)cn1Cc1ccccc1)N(CCC(NC(=O)C(CC(N)=O)NC(=O)CNC=O)C(=O)NCCC(=O)NCC(=O)O)C(=O)CO.CCC(=O)O.CCNC(=O)CCCC(=O)ON1C(=O)CCC1=O. The third kappa shape index (κ3) is 25.5. The molecule has 83 heavy (non-hydrogen) atoms. The number of aliphatic hydroxyl groups excluding tert-OH is 1. The average Bonchev–Trinajstić information content (AvgIpc) is 4.18. The second-order valence-corrected chi connectivity index (χ2v) is 19.4. The Morgan fingerprint density at radius 2 is 1.43 bits per heavy atom. The van der Waals surface area contributed by atoms with Crippen molar-refractivity contribution >= 4 is 77.5 Å². The molecule has 1 fully saturated rings. The van der Waals surface area contributed by atoms with Crippen LogP contribution in [0, 0.1) is 17.0 Å². The van der Waals surface area contributed by atoms with E-state index in [1.807, 2.05) is 30.3 Å². The molecule has 10 amide bonds. The molecule has 2 aromatic carbocycles. The number of hydroxylamine groups is 2. The molecule has 0 radical (unpaired) electrons. The summed E-state index contributed by atoms with van der Waals surface area (Å²) in [7, 11) is 0. The molecule has 1 saturated heterocycles. The number of nitrogens with zero attached hydrogens (tertiary/aromatic N) is 3. The number of benzene rings is 2. The molecule has 3 unspecified atom stereocenters. The number of nitrogens with two attached hydrogens (primary N) is 1. The monoisotopic (exact) mass is 1170 g/mol. The van der Waals surface area contributed by atoms with Gasteiger partial charge in [-0.1, -0.05) is 58.0 Å². The molecule has 0 bridgehead atoms. The Kier molecular flexibility index (Phi) is 30.0. The molecule has 4 rings (SSSR count). The van der Waals surface area contributed by atoms with Gasteiger partial charge in [-0.15, -0.1) is 5.06 Å². The Labute approximate surface area is 476 Å². The van der Waals surface area contributed by atoms with E-state index in [2.05, 4.69) is 36.7 Å². The highest BCUT2D eigenvalue weighted by Gasteiger charge is 2.39. The second-order valence-electron chi connectivity index (χ2n) is 19.4. The third-order valence-electron chi connectivity index (χ3n) is 11.7. The molecule has 454 valence electrons. The number of carboxylic acids is 2. The quantitative estimate of drug-likeness (QED) is 0.0320. The molecule has 11 N–H and O–H groups in total. The number of aliphatic carboxylic acids is 2. The number of hydrogen-bond donors (Lipinski definition) is 10. The largest absolute Gasteiger partial charge is 0.481 e. The molecule has 0 aliphatic carbocycles. The lowest BCUT2D eigenvalue weighted by Gasteiger charge is -2.41. The smallest absolute Gasteiger partial charge is 0.333 e. The summed E-state index contributed by atoms with van der Waals surface area (Å²) in [6.45, 7) is 6.68. The number of halogens is 2. The predicted molar refractivity (Wildman–Crippen MR) is 289 cm³/mol. The molecule has 27 nitrogen and oxygen atoms in total. The summed E-state index contributed by atoms with van der Waals surface area (Å²) in [4.78, 5) is 159. The molecule has 2 heterocycles. The van der Waals surface area contributed by atoms with Crippen molar-refractivity contribution in [1.82, 2.24) is 46.4 Å². The van der Waals surface area contributed by atoms with Gasteiger partial charge in [0, 0.05) is 87.7 Å². The first-order chi connectivity index (χ1) is 39.1. The van der Waals surface area contributed by atoms with Crippen LogP contribution in [0.15, 0.2) is 60.8 Å². The first kappa shape index (κ1) is 70.0. The van der Waals surface area contributed by atoms with E-state index in [-0.39, 0.29) is 88.0 Å². The van der Waals surface area contributed by atoms with Gasteiger partial charge < -0.3 is 67.3 Å². The fourth-order valence-electron chi connectivity index (χ4n) is 7.87. The molecule has 29 heteroatoms.